The lowest BCUT2D eigenvalue weighted by atomic mass is 10.1. The molecule has 0 amide bonds. The molecule has 17 heavy (non-hydrogen) atoms. The molecule has 2 atom stereocenters. The molecule has 0 aromatic heterocycles. The SMILES string of the molecule is CCCC(O)CNC(C)c1ccc(Cl)c(Cl)c1. The summed E-state index contributed by atoms with van der Waals surface area (Å²) in [7, 11) is 0. The van der Waals surface area contributed by atoms with Gasteiger partial charge in [0, 0.05) is 12.6 Å². The zero-order valence-corrected chi connectivity index (χ0v) is 11.7. The summed E-state index contributed by atoms with van der Waals surface area (Å²) in [6, 6.07) is 5.74. The van der Waals surface area contributed by atoms with Gasteiger partial charge in [-0.15, -0.1) is 0 Å². The lowest BCUT2D eigenvalue weighted by Crippen LogP contribution is -2.28. The Kier molecular flexibility index (Phi) is 6.28. The van der Waals surface area contributed by atoms with Crippen molar-refractivity contribution in [3.8, 4) is 0 Å². The molecule has 0 bridgehead atoms. The third kappa shape index (κ3) is 4.84. The lowest BCUT2D eigenvalue weighted by molar-refractivity contribution is 0.157. The summed E-state index contributed by atoms with van der Waals surface area (Å²) in [6.45, 7) is 4.69. The number of hydrogen-bond donors (Lipinski definition) is 2. The topological polar surface area (TPSA) is 32.3 Å². The minimum atomic E-state index is -0.287. The summed E-state index contributed by atoms with van der Waals surface area (Å²) in [4.78, 5) is 0. The van der Waals surface area contributed by atoms with Gasteiger partial charge in [-0.3, -0.25) is 0 Å². The standard InChI is InChI=1S/C13H19Cl2NO/c1-3-4-11(17)8-16-9(2)10-5-6-12(14)13(15)7-10/h5-7,9,11,16-17H,3-4,8H2,1-2H3. The zero-order valence-electron chi connectivity index (χ0n) is 10.2. The number of hydrogen-bond acceptors (Lipinski definition) is 2. The smallest absolute Gasteiger partial charge is 0.0664 e. The van der Waals surface area contributed by atoms with Crippen molar-refractivity contribution >= 4 is 23.2 Å². The van der Waals surface area contributed by atoms with Crippen LogP contribution in [0.3, 0.4) is 0 Å². The van der Waals surface area contributed by atoms with E-state index in [9.17, 15) is 5.11 Å². The van der Waals surface area contributed by atoms with E-state index in [1.807, 2.05) is 19.1 Å². The second-order valence-electron chi connectivity index (χ2n) is 4.25. The highest BCUT2D eigenvalue weighted by Crippen LogP contribution is 2.25. The summed E-state index contributed by atoms with van der Waals surface area (Å²) in [5.41, 5.74) is 1.07. The van der Waals surface area contributed by atoms with Crippen molar-refractivity contribution in [3.05, 3.63) is 33.8 Å². The molecule has 0 heterocycles. The van der Waals surface area contributed by atoms with E-state index in [2.05, 4.69) is 12.2 Å². The third-order valence-electron chi connectivity index (χ3n) is 2.73. The summed E-state index contributed by atoms with van der Waals surface area (Å²) in [5.74, 6) is 0. The van der Waals surface area contributed by atoms with Crippen LogP contribution in [0.25, 0.3) is 0 Å². The van der Waals surface area contributed by atoms with Gasteiger partial charge in [0.25, 0.3) is 0 Å². The van der Waals surface area contributed by atoms with Crippen LogP contribution in [0, 0.1) is 0 Å². The number of halogens is 2. The van der Waals surface area contributed by atoms with Crippen LogP contribution in [0.2, 0.25) is 10.0 Å². The van der Waals surface area contributed by atoms with Crippen molar-refractivity contribution in [1.29, 1.82) is 0 Å². The van der Waals surface area contributed by atoms with E-state index in [0.717, 1.165) is 18.4 Å². The maximum atomic E-state index is 9.63. The largest absolute Gasteiger partial charge is 0.392 e. The molecule has 2 unspecified atom stereocenters. The van der Waals surface area contributed by atoms with Crippen LogP contribution in [0.15, 0.2) is 18.2 Å². The number of nitrogens with one attached hydrogen (secondary N) is 1. The van der Waals surface area contributed by atoms with Gasteiger partial charge in [0.2, 0.25) is 0 Å². The molecule has 0 saturated carbocycles. The zero-order chi connectivity index (χ0) is 12.8. The maximum absolute atomic E-state index is 9.63. The molecule has 2 N–H and O–H groups in total. The van der Waals surface area contributed by atoms with Gasteiger partial charge in [0.15, 0.2) is 0 Å². The molecular formula is C13H19Cl2NO. The van der Waals surface area contributed by atoms with Gasteiger partial charge in [-0.25, -0.2) is 0 Å². The lowest BCUT2D eigenvalue weighted by Gasteiger charge is -2.17. The van der Waals surface area contributed by atoms with Crippen molar-refractivity contribution in [3.63, 3.8) is 0 Å². The Balaban J connectivity index is 2.52. The van der Waals surface area contributed by atoms with Crippen LogP contribution in [-0.2, 0) is 0 Å². The van der Waals surface area contributed by atoms with E-state index in [1.54, 1.807) is 6.07 Å². The quantitative estimate of drug-likeness (QED) is 0.828. The second kappa shape index (κ2) is 7.22. The van der Waals surface area contributed by atoms with Gasteiger partial charge < -0.3 is 10.4 Å². The van der Waals surface area contributed by atoms with Gasteiger partial charge in [0.05, 0.1) is 16.1 Å². The Morgan fingerprint density at radius 2 is 2.00 bits per heavy atom. The average Bonchev–Trinajstić information content (AvgIpc) is 2.30. The molecule has 1 aromatic rings. The highest BCUT2D eigenvalue weighted by atomic mass is 35.5. The number of aliphatic hydroxyl groups excluding tert-OH is 1. The van der Waals surface area contributed by atoms with E-state index >= 15 is 0 Å². The molecule has 0 aliphatic carbocycles. The first-order chi connectivity index (χ1) is 8.04. The highest BCUT2D eigenvalue weighted by Gasteiger charge is 2.09. The Morgan fingerprint density at radius 3 is 2.59 bits per heavy atom. The van der Waals surface area contributed by atoms with Crippen molar-refractivity contribution in [2.24, 2.45) is 0 Å². The van der Waals surface area contributed by atoms with Crippen LogP contribution >= 0.6 is 23.2 Å². The fourth-order valence-corrected chi connectivity index (χ4v) is 1.95. The van der Waals surface area contributed by atoms with Crippen LogP contribution in [0.5, 0.6) is 0 Å². The molecule has 0 fully saturated rings. The number of aliphatic hydroxyl groups is 1. The number of benzene rings is 1. The summed E-state index contributed by atoms with van der Waals surface area (Å²) in [5, 5.41) is 14.0. The molecule has 4 heteroatoms. The summed E-state index contributed by atoms with van der Waals surface area (Å²) < 4.78 is 0. The molecule has 2 nitrogen and oxygen atoms in total. The van der Waals surface area contributed by atoms with Crippen molar-refractivity contribution in [2.75, 3.05) is 6.54 Å². The minimum absolute atomic E-state index is 0.149. The van der Waals surface area contributed by atoms with E-state index in [4.69, 9.17) is 23.2 Å². The Labute approximate surface area is 113 Å². The van der Waals surface area contributed by atoms with Gasteiger partial charge in [-0.05, 0) is 31.0 Å². The molecule has 96 valence electrons. The molecule has 1 rings (SSSR count). The maximum Gasteiger partial charge on any atom is 0.0664 e. The van der Waals surface area contributed by atoms with E-state index in [-0.39, 0.29) is 12.1 Å². The average molecular weight is 276 g/mol. The van der Waals surface area contributed by atoms with Crippen molar-refractivity contribution in [1.82, 2.24) is 5.32 Å². The monoisotopic (exact) mass is 275 g/mol. The predicted molar refractivity (Wildman–Crippen MR) is 73.8 cm³/mol. The normalized spacial score (nSPS) is 14.6. The first-order valence-electron chi connectivity index (χ1n) is 5.91. The Hall–Kier alpha value is -0.280. The second-order valence-corrected chi connectivity index (χ2v) is 5.06. The van der Waals surface area contributed by atoms with Gasteiger partial charge in [-0.1, -0.05) is 42.6 Å². The fraction of sp³-hybridized carbons (Fsp3) is 0.538. The molecule has 0 radical (unpaired) electrons. The van der Waals surface area contributed by atoms with Crippen LogP contribution in [0.1, 0.15) is 38.3 Å². The van der Waals surface area contributed by atoms with Gasteiger partial charge >= 0.3 is 0 Å². The fourth-order valence-electron chi connectivity index (χ4n) is 1.65. The molecule has 1 aromatic carbocycles. The highest BCUT2D eigenvalue weighted by molar-refractivity contribution is 6.42. The molecule has 0 aliphatic heterocycles. The molecule has 0 saturated heterocycles. The molecule has 0 spiro atoms. The molecule has 0 aliphatic rings. The third-order valence-corrected chi connectivity index (χ3v) is 3.46. The summed E-state index contributed by atoms with van der Waals surface area (Å²) >= 11 is 11.8. The van der Waals surface area contributed by atoms with Crippen molar-refractivity contribution in [2.45, 2.75) is 38.8 Å². The van der Waals surface area contributed by atoms with E-state index in [1.165, 1.54) is 0 Å². The Bertz CT molecular complexity index is 357. The van der Waals surface area contributed by atoms with Gasteiger partial charge in [-0.2, -0.15) is 0 Å². The predicted octanol–water partition coefficient (Wildman–Crippen LogP) is 3.81. The van der Waals surface area contributed by atoms with Gasteiger partial charge in [0.1, 0.15) is 0 Å². The first-order valence-corrected chi connectivity index (χ1v) is 6.66. The van der Waals surface area contributed by atoms with Crippen LogP contribution in [-0.4, -0.2) is 17.8 Å². The number of rotatable bonds is 6. The molecular weight excluding hydrogens is 257 g/mol. The van der Waals surface area contributed by atoms with E-state index < -0.39 is 0 Å². The van der Waals surface area contributed by atoms with Crippen LogP contribution < -0.4 is 5.32 Å². The van der Waals surface area contributed by atoms with Crippen LogP contribution in [0.4, 0.5) is 0 Å². The summed E-state index contributed by atoms with van der Waals surface area (Å²) in [6.07, 6.45) is 1.52. The minimum Gasteiger partial charge on any atom is -0.392 e. The Morgan fingerprint density at radius 1 is 1.29 bits per heavy atom. The van der Waals surface area contributed by atoms with E-state index in [0.29, 0.717) is 16.6 Å². The van der Waals surface area contributed by atoms with Crippen molar-refractivity contribution < 1.29 is 5.11 Å². The first kappa shape index (κ1) is 14.8.